The van der Waals surface area contributed by atoms with Gasteiger partial charge in [0.15, 0.2) is 5.82 Å². The number of hydrogen-bond donors (Lipinski definition) is 1. The number of aromatic nitrogens is 2. The van der Waals surface area contributed by atoms with E-state index in [4.69, 9.17) is 4.74 Å². The van der Waals surface area contributed by atoms with Crippen molar-refractivity contribution in [3.8, 4) is 0 Å². The Labute approximate surface area is 90.1 Å². The predicted octanol–water partition coefficient (Wildman–Crippen LogP) is 1.57. The number of ether oxygens (including phenoxy) is 1. The van der Waals surface area contributed by atoms with Crippen LogP contribution in [0.4, 0.5) is 0 Å². The van der Waals surface area contributed by atoms with E-state index in [-0.39, 0.29) is 6.10 Å². The molecular formula is C11H17N3O. The van der Waals surface area contributed by atoms with Crippen LogP contribution < -0.4 is 5.32 Å². The Morgan fingerprint density at radius 3 is 3.07 bits per heavy atom. The lowest BCUT2D eigenvalue weighted by Gasteiger charge is -2.13. The summed E-state index contributed by atoms with van der Waals surface area (Å²) >= 11 is 0. The number of nitrogens with zero attached hydrogens (tertiary/aromatic N) is 2. The predicted molar refractivity (Wildman–Crippen MR) is 57.2 cm³/mol. The molecule has 1 aromatic heterocycles. The van der Waals surface area contributed by atoms with Crippen LogP contribution in [-0.2, 0) is 17.8 Å². The van der Waals surface area contributed by atoms with E-state index in [0.717, 1.165) is 31.0 Å². The molecule has 1 N–H and O–H groups in total. The van der Waals surface area contributed by atoms with Crippen LogP contribution in [0.3, 0.4) is 0 Å². The van der Waals surface area contributed by atoms with Crippen molar-refractivity contribution in [2.45, 2.75) is 39.5 Å². The smallest absolute Gasteiger partial charge is 0.157 e. The van der Waals surface area contributed by atoms with Crippen LogP contribution in [0, 0.1) is 0 Å². The zero-order valence-electron chi connectivity index (χ0n) is 9.29. The van der Waals surface area contributed by atoms with Crippen molar-refractivity contribution in [1.82, 2.24) is 15.3 Å². The zero-order valence-corrected chi connectivity index (χ0v) is 9.29. The highest BCUT2D eigenvalue weighted by Gasteiger charge is 2.17. The lowest BCUT2D eigenvalue weighted by Crippen LogP contribution is -2.09. The van der Waals surface area contributed by atoms with Gasteiger partial charge in [0.2, 0.25) is 0 Å². The van der Waals surface area contributed by atoms with E-state index >= 15 is 0 Å². The third kappa shape index (κ3) is 2.16. The fraction of sp³-hybridized carbons (Fsp3) is 0.636. The largest absolute Gasteiger partial charge is 0.371 e. The molecule has 2 heterocycles. The molecule has 0 aliphatic carbocycles. The molecule has 0 aromatic carbocycles. The Bertz CT molecular complexity index is 341. The fourth-order valence-electron chi connectivity index (χ4n) is 1.81. The second-order valence-corrected chi connectivity index (χ2v) is 3.66. The Morgan fingerprint density at radius 2 is 2.33 bits per heavy atom. The summed E-state index contributed by atoms with van der Waals surface area (Å²) in [4.78, 5) is 8.91. The molecule has 82 valence electrons. The van der Waals surface area contributed by atoms with E-state index in [1.807, 2.05) is 13.1 Å². The van der Waals surface area contributed by atoms with Gasteiger partial charge in [0.25, 0.3) is 0 Å². The van der Waals surface area contributed by atoms with Crippen LogP contribution in [-0.4, -0.2) is 16.6 Å². The molecule has 15 heavy (non-hydrogen) atoms. The van der Waals surface area contributed by atoms with Crippen LogP contribution in [0.5, 0.6) is 0 Å². The molecule has 0 saturated heterocycles. The summed E-state index contributed by atoms with van der Waals surface area (Å²) in [5.41, 5.74) is 2.34. The van der Waals surface area contributed by atoms with Crippen molar-refractivity contribution in [2.75, 3.05) is 6.61 Å². The summed E-state index contributed by atoms with van der Waals surface area (Å²) < 4.78 is 5.59. The number of hydrogen-bond acceptors (Lipinski definition) is 4. The summed E-state index contributed by atoms with van der Waals surface area (Å²) in [5, 5.41) is 3.26. The van der Waals surface area contributed by atoms with Crippen molar-refractivity contribution >= 4 is 0 Å². The second-order valence-electron chi connectivity index (χ2n) is 3.66. The highest BCUT2D eigenvalue weighted by molar-refractivity contribution is 5.21. The molecule has 2 rings (SSSR count). The highest BCUT2D eigenvalue weighted by Crippen LogP contribution is 2.19. The monoisotopic (exact) mass is 207 g/mol. The second kappa shape index (κ2) is 4.68. The summed E-state index contributed by atoms with van der Waals surface area (Å²) in [6.45, 7) is 6.54. The minimum Gasteiger partial charge on any atom is -0.371 e. The quantitative estimate of drug-likeness (QED) is 0.814. The van der Waals surface area contributed by atoms with Crippen molar-refractivity contribution < 1.29 is 4.74 Å². The first-order valence-electron chi connectivity index (χ1n) is 5.52. The summed E-state index contributed by atoms with van der Waals surface area (Å²) in [6, 6.07) is 0. The molecule has 0 fully saturated rings. The van der Waals surface area contributed by atoms with Gasteiger partial charge in [-0.05, 0) is 13.3 Å². The topological polar surface area (TPSA) is 47.0 Å². The third-order valence-corrected chi connectivity index (χ3v) is 2.61. The van der Waals surface area contributed by atoms with Crippen molar-refractivity contribution in [3.05, 3.63) is 23.3 Å². The van der Waals surface area contributed by atoms with E-state index < -0.39 is 0 Å². The maximum absolute atomic E-state index is 5.59. The molecule has 1 atom stereocenters. The summed E-state index contributed by atoms with van der Waals surface area (Å²) in [6.07, 6.45) is 2.88. The standard InChI is InChI=1S/C11H17N3O/c1-3-10(15-4-2)11-13-6-8-5-12-7-9(8)14-11/h6,10,12H,3-5,7H2,1-2H3. The van der Waals surface area contributed by atoms with Gasteiger partial charge in [-0.1, -0.05) is 6.92 Å². The Kier molecular flexibility index (Phi) is 3.28. The van der Waals surface area contributed by atoms with Crippen LogP contribution in [0.15, 0.2) is 6.20 Å². The first-order valence-corrected chi connectivity index (χ1v) is 5.52. The number of fused-ring (bicyclic) bond motifs is 1. The van der Waals surface area contributed by atoms with Crippen molar-refractivity contribution in [2.24, 2.45) is 0 Å². The van der Waals surface area contributed by atoms with Crippen molar-refractivity contribution in [1.29, 1.82) is 0 Å². The third-order valence-electron chi connectivity index (χ3n) is 2.61. The molecule has 4 nitrogen and oxygen atoms in total. The van der Waals surface area contributed by atoms with Crippen LogP contribution in [0.25, 0.3) is 0 Å². The van der Waals surface area contributed by atoms with Gasteiger partial charge in [-0.15, -0.1) is 0 Å². The first-order chi connectivity index (χ1) is 7.35. The minimum absolute atomic E-state index is 0.0425. The fourth-order valence-corrected chi connectivity index (χ4v) is 1.81. The van der Waals surface area contributed by atoms with E-state index in [9.17, 15) is 0 Å². The van der Waals surface area contributed by atoms with Crippen molar-refractivity contribution in [3.63, 3.8) is 0 Å². The van der Waals surface area contributed by atoms with Gasteiger partial charge >= 0.3 is 0 Å². The molecule has 1 unspecified atom stereocenters. The zero-order chi connectivity index (χ0) is 10.7. The van der Waals surface area contributed by atoms with E-state index in [2.05, 4.69) is 22.2 Å². The summed E-state index contributed by atoms with van der Waals surface area (Å²) in [7, 11) is 0. The number of nitrogens with one attached hydrogen (secondary N) is 1. The lowest BCUT2D eigenvalue weighted by molar-refractivity contribution is 0.0533. The van der Waals surface area contributed by atoms with Crippen LogP contribution in [0.1, 0.15) is 43.5 Å². The van der Waals surface area contributed by atoms with Crippen LogP contribution in [0.2, 0.25) is 0 Å². The van der Waals surface area contributed by atoms with E-state index in [1.54, 1.807) is 0 Å². The highest BCUT2D eigenvalue weighted by atomic mass is 16.5. The van der Waals surface area contributed by atoms with Gasteiger partial charge in [0.05, 0.1) is 5.69 Å². The van der Waals surface area contributed by atoms with Gasteiger partial charge in [-0.3, -0.25) is 0 Å². The molecular weight excluding hydrogens is 190 g/mol. The van der Waals surface area contributed by atoms with Gasteiger partial charge in [0, 0.05) is 31.5 Å². The molecule has 0 bridgehead atoms. The van der Waals surface area contributed by atoms with E-state index in [1.165, 1.54) is 5.56 Å². The first kappa shape index (κ1) is 10.5. The van der Waals surface area contributed by atoms with Gasteiger partial charge < -0.3 is 10.1 Å². The molecule has 0 spiro atoms. The molecule has 4 heteroatoms. The van der Waals surface area contributed by atoms with Gasteiger partial charge in [-0.2, -0.15) is 0 Å². The lowest BCUT2D eigenvalue weighted by atomic mass is 10.2. The molecule has 0 saturated carbocycles. The summed E-state index contributed by atoms with van der Waals surface area (Å²) in [5.74, 6) is 0.821. The average molecular weight is 207 g/mol. The Balaban J connectivity index is 2.20. The Hall–Kier alpha value is -1.00. The molecule has 1 aliphatic heterocycles. The van der Waals surface area contributed by atoms with E-state index in [0.29, 0.717) is 6.61 Å². The Morgan fingerprint density at radius 1 is 1.47 bits per heavy atom. The average Bonchev–Trinajstić information content (AvgIpc) is 2.72. The SMILES string of the molecule is CCOC(CC)c1ncc2c(n1)CNC2. The van der Waals surface area contributed by atoms with Gasteiger partial charge in [-0.25, -0.2) is 9.97 Å². The maximum Gasteiger partial charge on any atom is 0.157 e. The molecule has 0 radical (unpaired) electrons. The molecule has 1 aromatic rings. The molecule has 1 aliphatic rings. The maximum atomic E-state index is 5.59. The van der Waals surface area contributed by atoms with Crippen LogP contribution >= 0.6 is 0 Å². The normalized spacial score (nSPS) is 16.4. The number of rotatable bonds is 4. The molecule has 0 amide bonds. The van der Waals surface area contributed by atoms with Gasteiger partial charge in [0.1, 0.15) is 6.10 Å². The minimum atomic E-state index is 0.0425.